The van der Waals surface area contributed by atoms with E-state index in [4.69, 9.17) is 4.74 Å². The maximum atomic E-state index is 5.00. The summed E-state index contributed by atoms with van der Waals surface area (Å²) in [6.45, 7) is 4.44. The van der Waals surface area contributed by atoms with Crippen molar-refractivity contribution in [2.45, 2.75) is 13.5 Å². The maximum Gasteiger partial charge on any atom is 0.189 e. The van der Waals surface area contributed by atoms with E-state index in [0.717, 1.165) is 36.2 Å². The maximum absolute atomic E-state index is 5.00. The topological polar surface area (TPSA) is 37.4 Å². The fourth-order valence-corrected chi connectivity index (χ4v) is 2.61. The van der Waals surface area contributed by atoms with Gasteiger partial charge in [-0.2, -0.15) is 0 Å². The van der Waals surface area contributed by atoms with Crippen LogP contribution in [-0.4, -0.2) is 32.3 Å². The van der Waals surface area contributed by atoms with Gasteiger partial charge in [0.1, 0.15) is 0 Å². The molecule has 2 rings (SSSR count). The average Bonchev–Trinajstić information content (AvgIpc) is 2.92. The van der Waals surface area contributed by atoms with Crippen LogP contribution in [0.2, 0.25) is 0 Å². The number of nitrogens with one attached hydrogen (secondary N) is 1. The van der Waals surface area contributed by atoms with Crippen molar-refractivity contribution < 1.29 is 4.74 Å². The van der Waals surface area contributed by atoms with E-state index in [0.29, 0.717) is 0 Å². The molecule has 5 heteroatoms. The van der Waals surface area contributed by atoms with Gasteiger partial charge in [0.05, 0.1) is 12.3 Å². The SMILES string of the molecule is COCCNCc1csc(N(C)c2ccc(C)cc2)n1. The Morgan fingerprint density at radius 2 is 2.05 bits per heavy atom. The van der Waals surface area contributed by atoms with Crippen LogP contribution in [0.3, 0.4) is 0 Å². The van der Waals surface area contributed by atoms with Crippen LogP contribution in [0.4, 0.5) is 10.8 Å². The van der Waals surface area contributed by atoms with Crippen molar-refractivity contribution in [3.8, 4) is 0 Å². The third kappa shape index (κ3) is 4.03. The van der Waals surface area contributed by atoms with Crippen molar-refractivity contribution in [3.05, 3.63) is 40.9 Å². The third-order valence-electron chi connectivity index (χ3n) is 3.04. The van der Waals surface area contributed by atoms with E-state index in [2.05, 4.69) is 51.8 Å². The highest BCUT2D eigenvalue weighted by molar-refractivity contribution is 7.13. The van der Waals surface area contributed by atoms with Crippen LogP contribution >= 0.6 is 11.3 Å². The zero-order chi connectivity index (χ0) is 14.4. The highest BCUT2D eigenvalue weighted by Gasteiger charge is 2.08. The Balaban J connectivity index is 1.95. The quantitative estimate of drug-likeness (QED) is 0.796. The fraction of sp³-hybridized carbons (Fsp3) is 0.400. The van der Waals surface area contributed by atoms with Gasteiger partial charge in [-0.25, -0.2) is 4.98 Å². The molecule has 0 atom stereocenters. The van der Waals surface area contributed by atoms with Gasteiger partial charge in [-0.3, -0.25) is 0 Å². The number of aromatic nitrogens is 1. The third-order valence-corrected chi connectivity index (χ3v) is 4.00. The highest BCUT2D eigenvalue weighted by atomic mass is 32.1. The first-order chi connectivity index (χ1) is 9.70. The van der Waals surface area contributed by atoms with Crippen LogP contribution in [0.25, 0.3) is 0 Å². The number of thiazole rings is 1. The summed E-state index contributed by atoms with van der Waals surface area (Å²) >= 11 is 1.66. The Kier molecular flexibility index (Phi) is 5.52. The summed E-state index contributed by atoms with van der Waals surface area (Å²) in [5.74, 6) is 0. The molecule has 108 valence electrons. The molecule has 0 bridgehead atoms. The minimum absolute atomic E-state index is 0.722. The minimum Gasteiger partial charge on any atom is -0.383 e. The van der Waals surface area contributed by atoms with Crippen LogP contribution in [0.5, 0.6) is 0 Å². The van der Waals surface area contributed by atoms with Gasteiger partial charge in [-0.1, -0.05) is 17.7 Å². The van der Waals surface area contributed by atoms with Crippen LogP contribution in [0.1, 0.15) is 11.3 Å². The molecule has 0 fully saturated rings. The molecule has 0 aliphatic heterocycles. The normalized spacial score (nSPS) is 10.8. The lowest BCUT2D eigenvalue weighted by Crippen LogP contribution is -2.18. The second-order valence-electron chi connectivity index (χ2n) is 4.69. The summed E-state index contributed by atoms with van der Waals surface area (Å²) in [6.07, 6.45) is 0. The van der Waals surface area contributed by atoms with Crippen molar-refractivity contribution in [3.63, 3.8) is 0 Å². The Bertz CT molecular complexity index is 524. The van der Waals surface area contributed by atoms with Gasteiger partial charge in [0.25, 0.3) is 0 Å². The van der Waals surface area contributed by atoms with Crippen LogP contribution in [0.15, 0.2) is 29.6 Å². The molecule has 0 aliphatic carbocycles. The lowest BCUT2D eigenvalue weighted by Gasteiger charge is -2.15. The summed E-state index contributed by atoms with van der Waals surface area (Å²) in [4.78, 5) is 6.76. The van der Waals surface area contributed by atoms with E-state index in [1.165, 1.54) is 5.56 Å². The number of rotatable bonds is 7. The lowest BCUT2D eigenvalue weighted by molar-refractivity contribution is 0.199. The zero-order valence-corrected chi connectivity index (χ0v) is 13.0. The molecule has 0 saturated carbocycles. The van der Waals surface area contributed by atoms with Crippen molar-refractivity contribution in [2.75, 3.05) is 32.2 Å². The second kappa shape index (κ2) is 7.38. The Morgan fingerprint density at radius 3 is 2.75 bits per heavy atom. The lowest BCUT2D eigenvalue weighted by atomic mass is 10.2. The molecule has 0 saturated heterocycles. The first-order valence-electron chi connectivity index (χ1n) is 6.65. The molecule has 0 unspecified atom stereocenters. The van der Waals surface area contributed by atoms with E-state index in [1.807, 2.05) is 7.05 Å². The number of methoxy groups -OCH3 is 1. The van der Waals surface area contributed by atoms with Gasteiger partial charge in [0.15, 0.2) is 5.13 Å². The standard InChI is InChI=1S/C15H21N3OS/c1-12-4-6-14(7-5-12)18(2)15-17-13(11-20-15)10-16-8-9-19-3/h4-7,11,16H,8-10H2,1-3H3. The van der Waals surface area contributed by atoms with Gasteiger partial charge in [-0.05, 0) is 19.1 Å². The van der Waals surface area contributed by atoms with Crippen molar-refractivity contribution in [2.24, 2.45) is 0 Å². The van der Waals surface area contributed by atoms with Crippen LogP contribution in [0, 0.1) is 6.92 Å². The Labute approximate surface area is 124 Å². The predicted octanol–water partition coefficient (Wildman–Crippen LogP) is 2.96. The smallest absolute Gasteiger partial charge is 0.189 e. The summed E-state index contributed by atoms with van der Waals surface area (Å²) in [6, 6.07) is 8.47. The molecule has 1 aromatic carbocycles. The Morgan fingerprint density at radius 1 is 1.30 bits per heavy atom. The van der Waals surface area contributed by atoms with E-state index < -0.39 is 0 Å². The van der Waals surface area contributed by atoms with Crippen molar-refractivity contribution in [1.82, 2.24) is 10.3 Å². The molecule has 1 N–H and O–H groups in total. The summed E-state index contributed by atoms with van der Waals surface area (Å²) in [5, 5.41) is 6.41. The molecule has 0 radical (unpaired) electrons. The number of aryl methyl sites for hydroxylation is 1. The highest BCUT2D eigenvalue weighted by Crippen LogP contribution is 2.26. The first-order valence-corrected chi connectivity index (χ1v) is 7.53. The number of hydrogen-bond acceptors (Lipinski definition) is 5. The van der Waals surface area contributed by atoms with E-state index >= 15 is 0 Å². The van der Waals surface area contributed by atoms with Crippen LogP contribution in [-0.2, 0) is 11.3 Å². The number of ether oxygens (including phenoxy) is 1. The number of anilines is 2. The van der Waals surface area contributed by atoms with E-state index in [1.54, 1.807) is 18.4 Å². The number of nitrogens with zero attached hydrogens (tertiary/aromatic N) is 2. The molecule has 1 aromatic heterocycles. The summed E-state index contributed by atoms with van der Waals surface area (Å²) < 4.78 is 5.00. The molecule has 0 spiro atoms. The number of hydrogen-bond donors (Lipinski definition) is 1. The van der Waals surface area contributed by atoms with Gasteiger partial charge in [0, 0.05) is 38.3 Å². The Hall–Kier alpha value is -1.43. The molecule has 4 nitrogen and oxygen atoms in total. The molecule has 0 amide bonds. The summed E-state index contributed by atoms with van der Waals surface area (Å²) in [5.41, 5.74) is 3.49. The predicted molar refractivity (Wildman–Crippen MR) is 84.9 cm³/mol. The monoisotopic (exact) mass is 291 g/mol. The molecule has 1 heterocycles. The molecular formula is C15H21N3OS. The zero-order valence-electron chi connectivity index (χ0n) is 12.2. The van der Waals surface area contributed by atoms with Gasteiger partial charge in [0.2, 0.25) is 0 Å². The molecule has 2 aromatic rings. The van der Waals surface area contributed by atoms with Crippen LogP contribution < -0.4 is 10.2 Å². The summed E-state index contributed by atoms with van der Waals surface area (Å²) in [7, 11) is 3.75. The van der Waals surface area contributed by atoms with E-state index in [9.17, 15) is 0 Å². The average molecular weight is 291 g/mol. The molecule has 0 aliphatic rings. The molecule has 20 heavy (non-hydrogen) atoms. The molecular weight excluding hydrogens is 270 g/mol. The van der Waals surface area contributed by atoms with Gasteiger partial charge >= 0.3 is 0 Å². The fourth-order valence-electron chi connectivity index (χ4n) is 1.80. The minimum atomic E-state index is 0.722. The van der Waals surface area contributed by atoms with Crippen molar-refractivity contribution in [1.29, 1.82) is 0 Å². The van der Waals surface area contributed by atoms with E-state index in [-0.39, 0.29) is 0 Å². The number of benzene rings is 1. The van der Waals surface area contributed by atoms with Gasteiger partial charge in [-0.15, -0.1) is 11.3 Å². The first kappa shape index (κ1) is 15.0. The largest absolute Gasteiger partial charge is 0.383 e. The second-order valence-corrected chi connectivity index (χ2v) is 5.52. The van der Waals surface area contributed by atoms with Crippen molar-refractivity contribution >= 4 is 22.2 Å². The van der Waals surface area contributed by atoms with Gasteiger partial charge < -0.3 is 15.0 Å².